The molecule has 0 unspecified atom stereocenters. The maximum Gasteiger partial charge on any atom is 0.209 e. The molecule has 2 aromatic carbocycles. The Morgan fingerprint density at radius 2 is 1.87 bits per heavy atom. The molecule has 5 nitrogen and oxygen atoms in total. The first kappa shape index (κ1) is 15.4. The maximum absolute atomic E-state index is 5.39. The summed E-state index contributed by atoms with van der Waals surface area (Å²) in [4.78, 5) is 4.52. The molecule has 1 heterocycles. The van der Waals surface area contributed by atoms with Gasteiger partial charge in [-0.15, -0.1) is 5.10 Å². The van der Waals surface area contributed by atoms with Crippen LogP contribution in [0, 0.1) is 0 Å². The van der Waals surface area contributed by atoms with E-state index in [2.05, 4.69) is 15.2 Å². The average molecular weight is 327 g/mol. The van der Waals surface area contributed by atoms with Gasteiger partial charge in [-0.25, -0.2) is 4.98 Å². The molecule has 0 aliphatic rings. The van der Waals surface area contributed by atoms with E-state index in [0.29, 0.717) is 10.9 Å². The van der Waals surface area contributed by atoms with Gasteiger partial charge in [0.1, 0.15) is 11.5 Å². The van der Waals surface area contributed by atoms with Crippen LogP contribution in [0.2, 0.25) is 0 Å². The Kier molecular flexibility index (Phi) is 4.83. The summed E-state index contributed by atoms with van der Waals surface area (Å²) < 4.78 is 10.7. The quantitative estimate of drug-likeness (QED) is 0.698. The van der Waals surface area contributed by atoms with Crippen molar-refractivity contribution in [2.75, 3.05) is 14.2 Å². The first-order valence-electron chi connectivity index (χ1n) is 7.11. The molecule has 0 fully saturated rings. The second-order valence-electron chi connectivity index (χ2n) is 4.80. The number of hydrogen-bond acceptors (Lipinski definition) is 5. The summed E-state index contributed by atoms with van der Waals surface area (Å²) in [6, 6.07) is 15.7. The predicted octanol–water partition coefficient (Wildman–Crippen LogP) is 3.78. The van der Waals surface area contributed by atoms with Gasteiger partial charge in [-0.2, -0.15) is 0 Å². The van der Waals surface area contributed by atoms with Gasteiger partial charge in [0, 0.05) is 16.9 Å². The lowest BCUT2D eigenvalue weighted by Crippen LogP contribution is -1.92. The summed E-state index contributed by atoms with van der Waals surface area (Å²) in [5.41, 5.74) is 2.06. The van der Waals surface area contributed by atoms with E-state index in [1.807, 2.05) is 48.5 Å². The van der Waals surface area contributed by atoms with Gasteiger partial charge in [-0.3, -0.25) is 5.10 Å². The van der Waals surface area contributed by atoms with Crippen molar-refractivity contribution in [3.63, 3.8) is 0 Å². The van der Waals surface area contributed by atoms with E-state index in [4.69, 9.17) is 9.47 Å². The number of ether oxygens (including phenoxy) is 2. The third-order valence-electron chi connectivity index (χ3n) is 3.36. The van der Waals surface area contributed by atoms with Crippen LogP contribution < -0.4 is 9.47 Å². The van der Waals surface area contributed by atoms with Crippen LogP contribution in [-0.2, 0) is 5.75 Å². The fourth-order valence-corrected chi connectivity index (χ4v) is 2.95. The van der Waals surface area contributed by atoms with Gasteiger partial charge in [0.2, 0.25) is 5.16 Å². The van der Waals surface area contributed by atoms with Crippen molar-refractivity contribution in [3.8, 4) is 22.9 Å². The minimum Gasteiger partial charge on any atom is -0.497 e. The maximum atomic E-state index is 5.39. The standard InChI is InChI=1S/C17H17N3O2S/c1-21-14-8-9-15(22-2)13(10-14)11-23-17-18-16(19-20-17)12-6-4-3-5-7-12/h3-10H,11H2,1-2H3,(H,18,19,20). The zero-order valence-electron chi connectivity index (χ0n) is 12.9. The Bertz CT molecular complexity index is 775. The second kappa shape index (κ2) is 7.19. The zero-order chi connectivity index (χ0) is 16.1. The summed E-state index contributed by atoms with van der Waals surface area (Å²) in [5.74, 6) is 3.11. The van der Waals surface area contributed by atoms with Gasteiger partial charge < -0.3 is 9.47 Å². The fourth-order valence-electron chi connectivity index (χ4n) is 2.17. The molecule has 0 atom stereocenters. The van der Waals surface area contributed by atoms with Crippen molar-refractivity contribution in [1.29, 1.82) is 0 Å². The lowest BCUT2D eigenvalue weighted by atomic mass is 10.2. The molecule has 6 heteroatoms. The SMILES string of the molecule is COc1ccc(OC)c(CSc2n[nH]c(-c3ccccc3)n2)c1. The Balaban J connectivity index is 1.73. The van der Waals surface area contributed by atoms with Crippen molar-refractivity contribution in [3.05, 3.63) is 54.1 Å². The molecule has 0 saturated carbocycles. The zero-order valence-corrected chi connectivity index (χ0v) is 13.8. The van der Waals surface area contributed by atoms with E-state index in [9.17, 15) is 0 Å². The number of nitrogens with one attached hydrogen (secondary N) is 1. The van der Waals surface area contributed by atoms with Crippen molar-refractivity contribution >= 4 is 11.8 Å². The second-order valence-corrected chi connectivity index (χ2v) is 5.74. The van der Waals surface area contributed by atoms with E-state index in [1.165, 1.54) is 0 Å². The highest BCUT2D eigenvalue weighted by atomic mass is 32.2. The first-order chi connectivity index (χ1) is 11.3. The Morgan fingerprint density at radius 1 is 1.04 bits per heavy atom. The molecule has 0 bridgehead atoms. The van der Waals surface area contributed by atoms with Gasteiger partial charge >= 0.3 is 0 Å². The number of aromatic nitrogens is 3. The minimum absolute atomic E-state index is 0.701. The summed E-state index contributed by atoms with van der Waals surface area (Å²) >= 11 is 1.55. The molecule has 118 valence electrons. The summed E-state index contributed by atoms with van der Waals surface area (Å²) in [7, 11) is 3.32. The smallest absolute Gasteiger partial charge is 0.209 e. The van der Waals surface area contributed by atoms with E-state index in [0.717, 1.165) is 28.5 Å². The highest BCUT2D eigenvalue weighted by Gasteiger charge is 2.09. The number of H-pyrrole nitrogens is 1. The number of benzene rings is 2. The monoisotopic (exact) mass is 327 g/mol. The molecule has 0 saturated heterocycles. The largest absolute Gasteiger partial charge is 0.497 e. The van der Waals surface area contributed by atoms with Gasteiger partial charge in [0.05, 0.1) is 14.2 Å². The molecule has 1 aromatic heterocycles. The topological polar surface area (TPSA) is 60.0 Å². The van der Waals surface area contributed by atoms with Crippen LogP contribution >= 0.6 is 11.8 Å². The number of hydrogen-bond donors (Lipinski definition) is 1. The van der Waals surface area contributed by atoms with E-state index in [-0.39, 0.29) is 0 Å². The van der Waals surface area contributed by atoms with Gasteiger partial charge in [0.25, 0.3) is 0 Å². The molecule has 0 spiro atoms. The van der Waals surface area contributed by atoms with E-state index < -0.39 is 0 Å². The van der Waals surface area contributed by atoms with Crippen LogP contribution in [0.1, 0.15) is 5.56 Å². The highest BCUT2D eigenvalue weighted by molar-refractivity contribution is 7.98. The molecule has 0 aliphatic heterocycles. The summed E-state index contributed by atoms with van der Waals surface area (Å²) in [6.45, 7) is 0. The third-order valence-corrected chi connectivity index (χ3v) is 4.25. The number of methoxy groups -OCH3 is 2. The molecule has 0 aliphatic carbocycles. The third kappa shape index (κ3) is 3.65. The number of rotatable bonds is 6. The molecule has 0 radical (unpaired) electrons. The van der Waals surface area contributed by atoms with Crippen LogP contribution in [0.15, 0.2) is 53.7 Å². The predicted molar refractivity (Wildman–Crippen MR) is 90.9 cm³/mol. The van der Waals surface area contributed by atoms with Gasteiger partial charge in [0.15, 0.2) is 5.82 Å². The van der Waals surface area contributed by atoms with E-state index >= 15 is 0 Å². The molecule has 0 amide bonds. The lowest BCUT2D eigenvalue weighted by Gasteiger charge is -2.09. The average Bonchev–Trinajstić information content (AvgIpc) is 3.09. The number of aromatic amines is 1. The van der Waals surface area contributed by atoms with Crippen molar-refractivity contribution in [2.45, 2.75) is 10.9 Å². The number of thioether (sulfide) groups is 1. The Morgan fingerprint density at radius 3 is 2.61 bits per heavy atom. The van der Waals surface area contributed by atoms with Crippen molar-refractivity contribution in [2.24, 2.45) is 0 Å². The molecular formula is C17H17N3O2S. The molecule has 1 N–H and O–H groups in total. The molecule has 3 aromatic rings. The summed E-state index contributed by atoms with van der Waals surface area (Å²) in [6.07, 6.45) is 0. The van der Waals surface area contributed by atoms with Crippen LogP contribution in [-0.4, -0.2) is 29.4 Å². The first-order valence-corrected chi connectivity index (χ1v) is 8.10. The van der Waals surface area contributed by atoms with Crippen molar-refractivity contribution in [1.82, 2.24) is 15.2 Å². The van der Waals surface area contributed by atoms with Crippen molar-refractivity contribution < 1.29 is 9.47 Å². The molecule has 23 heavy (non-hydrogen) atoms. The fraction of sp³-hybridized carbons (Fsp3) is 0.176. The Hall–Kier alpha value is -2.47. The number of nitrogens with zero attached hydrogens (tertiary/aromatic N) is 2. The van der Waals surface area contributed by atoms with Crippen LogP contribution in [0.4, 0.5) is 0 Å². The highest BCUT2D eigenvalue weighted by Crippen LogP contribution is 2.30. The van der Waals surface area contributed by atoms with E-state index in [1.54, 1.807) is 26.0 Å². The van der Waals surface area contributed by atoms with Gasteiger partial charge in [-0.05, 0) is 18.2 Å². The van der Waals surface area contributed by atoms with Gasteiger partial charge in [-0.1, -0.05) is 42.1 Å². The normalized spacial score (nSPS) is 10.5. The molecule has 3 rings (SSSR count). The lowest BCUT2D eigenvalue weighted by molar-refractivity contribution is 0.400. The summed E-state index contributed by atoms with van der Waals surface area (Å²) in [5, 5.41) is 7.93. The van der Waals surface area contributed by atoms with Crippen LogP contribution in [0.25, 0.3) is 11.4 Å². The molecular weight excluding hydrogens is 310 g/mol. The minimum atomic E-state index is 0.701. The Labute approximate surface area is 139 Å². The van der Waals surface area contributed by atoms with Crippen LogP contribution in [0.5, 0.6) is 11.5 Å². The van der Waals surface area contributed by atoms with Crippen LogP contribution in [0.3, 0.4) is 0 Å².